The van der Waals surface area contributed by atoms with Crippen LogP contribution in [0.2, 0.25) is 0 Å². The molecule has 1 N–H and O–H groups in total. The summed E-state index contributed by atoms with van der Waals surface area (Å²) in [6, 6.07) is 0. The van der Waals surface area contributed by atoms with E-state index in [9.17, 15) is 5.11 Å². The van der Waals surface area contributed by atoms with E-state index >= 15 is 0 Å². The number of hydrogen-bond acceptors (Lipinski definition) is 1. The lowest BCUT2D eigenvalue weighted by Crippen LogP contribution is -2.18. The van der Waals surface area contributed by atoms with Crippen molar-refractivity contribution in [2.45, 2.75) is 38.2 Å². The molecule has 3 atom stereocenters. The number of fused-ring (bicyclic) bond motifs is 1. The summed E-state index contributed by atoms with van der Waals surface area (Å²) in [5.41, 5.74) is 2.19. The van der Waals surface area contributed by atoms with E-state index in [4.69, 9.17) is 0 Å². The van der Waals surface area contributed by atoms with E-state index in [0.29, 0.717) is 11.3 Å². The highest BCUT2D eigenvalue weighted by molar-refractivity contribution is 5.31. The predicted octanol–water partition coefficient (Wildman–Crippen LogP) is 1.87. The summed E-state index contributed by atoms with van der Waals surface area (Å²) >= 11 is 0. The minimum absolute atomic E-state index is 0.00292. The summed E-state index contributed by atoms with van der Waals surface area (Å²) in [4.78, 5) is 0. The molecule has 2 fully saturated rings. The Hall–Kier alpha value is -0.300. The molecule has 11 heavy (non-hydrogen) atoms. The van der Waals surface area contributed by atoms with Gasteiger partial charge in [-0.25, -0.2) is 0 Å². The first-order valence-corrected chi connectivity index (χ1v) is 4.69. The number of rotatable bonds is 0. The molecular formula is C10H14O. The molecule has 0 heterocycles. The SMILES string of the molecule is OC1CC23CCCC2=CC1C3. The molecule has 0 aromatic rings. The molecule has 3 aliphatic rings. The van der Waals surface area contributed by atoms with Crippen LogP contribution in [-0.4, -0.2) is 11.2 Å². The molecule has 0 aliphatic heterocycles. The summed E-state index contributed by atoms with van der Waals surface area (Å²) in [6.07, 6.45) is 8.74. The lowest BCUT2D eigenvalue weighted by molar-refractivity contribution is 0.139. The van der Waals surface area contributed by atoms with Crippen molar-refractivity contribution in [3.63, 3.8) is 0 Å². The van der Waals surface area contributed by atoms with E-state index in [-0.39, 0.29) is 6.10 Å². The molecule has 1 nitrogen and oxygen atoms in total. The topological polar surface area (TPSA) is 20.2 Å². The highest BCUT2D eigenvalue weighted by Crippen LogP contribution is 2.61. The third-order valence-corrected chi connectivity index (χ3v) is 3.92. The average molecular weight is 150 g/mol. The van der Waals surface area contributed by atoms with Gasteiger partial charge in [0.2, 0.25) is 0 Å². The van der Waals surface area contributed by atoms with Crippen molar-refractivity contribution in [1.82, 2.24) is 0 Å². The molecule has 0 aromatic heterocycles. The lowest BCUT2D eigenvalue weighted by Gasteiger charge is -2.24. The van der Waals surface area contributed by atoms with Crippen molar-refractivity contribution in [3.05, 3.63) is 11.6 Å². The van der Waals surface area contributed by atoms with Gasteiger partial charge >= 0.3 is 0 Å². The van der Waals surface area contributed by atoms with Crippen LogP contribution in [0.4, 0.5) is 0 Å². The Morgan fingerprint density at radius 2 is 2.36 bits per heavy atom. The van der Waals surface area contributed by atoms with Crippen molar-refractivity contribution < 1.29 is 5.11 Å². The van der Waals surface area contributed by atoms with Crippen LogP contribution < -0.4 is 0 Å². The van der Waals surface area contributed by atoms with Gasteiger partial charge in [-0.1, -0.05) is 11.6 Å². The van der Waals surface area contributed by atoms with Crippen molar-refractivity contribution >= 4 is 0 Å². The van der Waals surface area contributed by atoms with Gasteiger partial charge in [0.25, 0.3) is 0 Å². The number of aliphatic hydroxyl groups is 1. The Kier molecular flexibility index (Phi) is 0.972. The fourth-order valence-corrected chi connectivity index (χ4v) is 3.42. The average Bonchev–Trinajstić information content (AvgIpc) is 2.49. The summed E-state index contributed by atoms with van der Waals surface area (Å²) in [5, 5.41) is 9.62. The Bertz CT molecular complexity index is 231. The largest absolute Gasteiger partial charge is 0.392 e. The standard InChI is InChI=1S/C10H14O/c11-9-6-10-3-1-2-8(10)4-7(9)5-10/h4,7,9,11H,1-3,5-6H2. The second-order valence-electron chi connectivity index (χ2n) is 4.47. The zero-order chi connectivity index (χ0) is 7.47. The molecule has 0 saturated heterocycles. The van der Waals surface area contributed by atoms with Crippen LogP contribution in [-0.2, 0) is 0 Å². The lowest BCUT2D eigenvalue weighted by atomic mass is 9.82. The number of allylic oxidation sites excluding steroid dienone is 1. The highest BCUT2D eigenvalue weighted by atomic mass is 16.3. The normalized spacial score (nSPS) is 53.0. The van der Waals surface area contributed by atoms with Crippen molar-refractivity contribution in [2.24, 2.45) is 11.3 Å². The molecule has 1 spiro atoms. The molecule has 60 valence electrons. The minimum Gasteiger partial charge on any atom is -0.392 e. The van der Waals surface area contributed by atoms with E-state index in [1.165, 1.54) is 25.7 Å². The van der Waals surface area contributed by atoms with Gasteiger partial charge in [-0.05, 0) is 37.5 Å². The Morgan fingerprint density at radius 3 is 3.18 bits per heavy atom. The molecule has 3 aliphatic carbocycles. The van der Waals surface area contributed by atoms with E-state index < -0.39 is 0 Å². The monoisotopic (exact) mass is 150 g/mol. The first-order chi connectivity index (χ1) is 5.30. The zero-order valence-corrected chi connectivity index (χ0v) is 6.71. The zero-order valence-electron chi connectivity index (χ0n) is 6.71. The van der Waals surface area contributed by atoms with Gasteiger partial charge in [0.05, 0.1) is 6.10 Å². The van der Waals surface area contributed by atoms with Crippen molar-refractivity contribution in [1.29, 1.82) is 0 Å². The van der Waals surface area contributed by atoms with Crippen LogP contribution in [0.5, 0.6) is 0 Å². The summed E-state index contributed by atoms with van der Waals surface area (Å²) in [7, 11) is 0. The van der Waals surface area contributed by atoms with E-state index in [0.717, 1.165) is 6.42 Å². The maximum Gasteiger partial charge on any atom is 0.0611 e. The highest BCUT2D eigenvalue weighted by Gasteiger charge is 2.52. The fraction of sp³-hybridized carbons (Fsp3) is 0.800. The Morgan fingerprint density at radius 1 is 1.45 bits per heavy atom. The van der Waals surface area contributed by atoms with Gasteiger partial charge < -0.3 is 5.11 Å². The van der Waals surface area contributed by atoms with Gasteiger partial charge in [0.15, 0.2) is 0 Å². The summed E-state index contributed by atoms with van der Waals surface area (Å²) in [5.74, 6) is 0.533. The van der Waals surface area contributed by atoms with Crippen molar-refractivity contribution in [3.8, 4) is 0 Å². The number of hydrogen-bond donors (Lipinski definition) is 1. The van der Waals surface area contributed by atoms with Crippen LogP contribution in [0.25, 0.3) is 0 Å². The van der Waals surface area contributed by atoms with Gasteiger partial charge in [0.1, 0.15) is 0 Å². The molecule has 3 rings (SSSR count). The maximum absolute atomic E-state index is 9.62. The van der Waals surface area contributed by atoms with Crippen molar-refractivity contribution in [2.75, 3.05) is 0 Å². The smallest absolute Gasteiger partial charge is 0.0611 e. The summed E-state index contributed by atoms with van der Waals surface area (Å²) < 4.78 is 0. The Labute approximate surface area is 67.1 Å². The van der Waals surface area contributed by atoms with Crippen LogP contribution in [0.3, 0.4) is 0 Å². The molecule has 1 heteroatoms. The third-order valence-electron chi connectivity index (χ3n) is 3.92. The van der Waals surface area contributed by atoms with Crippen LogP contribution in [0.1, 0.15) is 32.1 Å². The van der Waals surface area contributed by atoms with Gasteiger partial charge in [0, 0.05) is 5.92 Å². The first kappa shape index (κ1) is 6.24. The molecule has 2 saturated carbocycles. The van der Waals surface area contributed by atoms with E-state index in [2.05, 4.69) is 6.08 Å². The van der Waals surface area contributed by atoms with Gasteiger partial charge in [-0.3, -0.25) is 0 Å². The van der Waals surface area contributed by atoms with Crippen LogP contribution in [0, 0.1) is 11.3 Å². The third kappa shape index (κ3) is 0.610. The fourth-order valence-electron chi connectivity index (χ4n) is 3.42. The van der Waals surface area contributed by atoms with E-state index in [1.54, 1.807) is 5.57 Å². The van der Waals surface area contributed by atoms with Gasteiger partial charge in [-0.2, -0.15) is 0 Å². The molecule has 2 bridgehead atoms. The second-order valence-corrected chi connectivity index (χ2v) is 4.47. The quantitative estimate of drug-likeness (QED) is 0.523. The van der Waals surface area contributed by atoms with E-state index in [1.807, 2.05) is 0 Å². The van der Waals surface area contributed by atoms with Crippen LogP contribution >= 0.6 is 0 Å². The van der Waals surface area contributed by atoms with Crippen LogP contribution in [0.15, 0.2) is 11.6 Å². The molecule has 0 aromatic carbocycles. The predicted molar refractivity (Wildman–Crippen MR) is 43.1 cm³/mol. The minimum atomic E-state index is -0.00292. The summed E-state index contributed by atoms with van der Waals surface area (Å²) in [6.45, 7) is 0. The van der Waals surface area contributed by atoms with Gasteiger partial charge in [-0.15, -0.1) is 0 Å². The Balaban J connectivity index is 2.06. The first-order valence-electron chi connectivity index (χ1n) is 4.69. The number of aliphatic hydroxyl groups excluding tert-OH is 1. The molecular weight excluding hydrogens is 136 g/mol. The second kappa shape index (κ2) is 1.71. The molecule has 3 unspecified atom stereocenters. The molecule has 0 radical (unpaired) electrons. The maximum atomic E-state index is 9.62. The molecule has 0 amide bonds.